The van der Waals surface area contributed by atoms with Crippen LogP contribution in [0.2, 0.25) is 0 Å². The summed E-state index contributed by atoms with van der Waals surface area (Å²) in [6, 6.07) is 17.3. The van der Waals surface area contributed by atoms with Crippen molar-refractivity contribution >= 4 is 34.6 Å². The lowest BCUT2D eigenvalue weighted by atomic mass is 10.2. The summed E-state index contributed by atoms with van der Waals surface area (Å²) in [6.45, 7) is 0. The molecular formula is C15H12INO. The van der Waals surface area contributed by atoms with Gasteiger partial charge in [-0.1, -0.05) is 42.5 Å². The summed E-state index contributed by atoms with van der Waals surface area (Å²) in [5, 5.41) is 2.76. The van der Waals surface area contributed by atoms with Gasteiger partial charge in [-0.2, -0.15) is 0 Å². The first-order valence-corrected chi connectivity index (χ1v) is 6.62. The highest BCUT2D eigenvalue weighted by molar-refractivity contribution is 14.1. The average Bonchev–Trinajstić information content (AvgIpc) is 2.40. The van der Waals surface area contributed by atoms with Gasteiger partial charge in [0.1, 0.15) is 0 Å². The van der Waals surface area contributed by atoms with Crippen LogP contribution in [0.3, 0.4) is 0 Å². The second-order valence-electron chi connectivity index (χ2n) is 3.70. The van der Waals surface area contributed by atoms with Crippen LogP contribution >= 0.6 is 22.6 Å². The molecule has 0 aliphatic carbocycles. The van der Waals surface area contributed by atoms with Gasteiger partial charge in [0.25, 0.3) is 5.91 Å². The number of rotatable bonds is 3. The van der Waals surface area contributed by atoms with Crippen LogP contribution < -0.4 is 5.32 Å². The van der Waals surface area contributed by atoms with Crippen molar-refractivity contribution in [2.24, 2.45) is 0 Å². The summed E-state index contributed by atoms with van der Waals surface area (Å²) in [5.41, 5.74) is 1.75. The SMILES string of the molecule is O=C(NC=Cc1ccccc1)c1ccccc1I. The lowest BCUT2D eigenvalue weighted by Gasteiger charge is -2.02. The highest BCUT2D eigenvalue weighted by Gasteiger charge is 2.06. The first-order chi connectivity index (χ1) is 8.77. The van der Waals surface area contributed by atoms with Gasteiger partial charge in [0, 0.05) is 9.77 Å². The molecule has 1 amide bonds. The van der Waals surface area contributed by atoms with Crippen LogP contribution in [0.25, 0.3) is 6.08 Å². The average molecular weight is 349 g/mol. The van der Waals surface area contributed by atoms with Crippen LogP contribution in [0.15, 0.2) is 60.8 Å². The molecule has 1 N–H and O–H groups in total. The summed E-state index contributed by atoms with van der Waals surface area (Å²) in [6.07, 6.45) is 3.54. The number of benzene rings is 2. The van der Waals surface area contributed by atoms with E-state index < -0.39 is 0 Å². The van der Waals surface area contributed by atoms with Crippen molar-refractivity contribution in [3.8, 4) is 0 Å². The van der Waals surface area contributed by atoms with E-state index in [-0.39, 0.29) is 5.91 Å². The molecule has 0 aromatic heterocycles. The molecule has 0 heterocycles. The largest absolute Gasteiger partial charge is 0.329 e. The first kappa shape index (κ1) is 12.8. The maximum atomic E-state index is 11.9. The van der Waals surface area contributed by atoms with E-state index in [9.17, 15) is 4.79 Å². The zero-order valence-corrected chi connectivity index (χ0v) is 11.8. The molecule has 0 aliphatic rings. The summed E-state index contributed by atoms with van der Waals surface area (Å²) >= 11 is 2.15. The van der Waals surface area contributed by atoms with Crippen LogP contribution in [0.5, 0.6) is 0 Å². The van der Waals surface area contributed by atoms with Crippen LogP contribution in [-0.2, 0) is 0 Å². The van der Waals surface area contributed by atoms with Gasteiger partial charge >= 0.3 is 0 Å². The Morgan fingerprint density at radius 3 is 2.39 bits per heavy atom. The third kappa shape index (κ3) is 3.43. The number of hydrogen-bond acceptors (Lipinski definition) is 1. The fourth-order valence-electron chi connectivity index (χ4n) is 1.50. The Bertz CT molecular complexity index is 564. The Morgan fingerprint density at radius 1 is 1.00 bits per heavy atom. The molecule has 0 atom stereocenters. The molecule has 2 aromatic carbocycles. The molecule has 0 radical (unpaired) electrons. The van der Waals surface area contributed by atoms with Gasteiger partial charge in [0.2, 0.25) is 0 Å². The lowest BCUT2D eigenvalue weighted by Crippen LogP contribution is -2.17. The summed E-state index contributed by atoms with van der Waals surface area (Å²) < 4.78 is 0.945. The van der Waals surface area contributed by atoms with E-state index >= 15 is 0 Å². The molecule has 0 spiro atoms. The molecular weight excluding hydrogens is 337 g/mol. The molecule has 0 fully saturated rings. The molecule has 2 rings (SSSR count). The molecule has 0 bridgehead atoms. The number of nitrogens with one attached hydrogen (secondary N) is 1. The molecule has 0 aliphatic heterocycles. The quantitative estimate of drug-likeness (QED) is 0.842. The van der Waals surface area contributed by atoms with E-state index in [1.54, 1.807) is 6.20 Å². The zero-order chi connectivity index (χ0) is 12.8. The fraction of sp³-hybridized carbons (Fsp3) is 0. The third-order valence-electron chi connectivity index (χ3n) is 2.41. The standard InChI is InChI=1S/C15H12INO/c16-14-9-5-4-8-13(14)15(18)17-11-10-12-6-2-1-3-7-12/h1-11H,(H,17,18). The van der Waals surface area contributed by atoms with Crippen molar-refractivity contribution < 1.29 is 4.79 Å². The highest BCUT2D eigenvalue weighted by atomic mass is 127. The monoisotopic (exact) mass is 349 g/mol. The molecule has 2 nitrogen and oxygen atoms in total. The third-order valence-corrected chi connectivity index (χ3v) is 3.35. The summed E-state index contributed by atoms with van der Waals surface area (Å²) in [4.78, 5) is 11.9. The maximum Gasteiger partial charge on any atom is 0.256 e. The van der Waals surface area contributed by atoms with Crippen LogP contribution in [0, 0.1) is 3.57 Å². The Morgan fingerprint density at radius 2 is 1.67 bits per heavy atom. The smallest absolute Gasteiger partial charge is 0.256 e. The van der Waals surface area contributed by atoms with Gasteiger partial charge in [-0.15, -0.1) is 0 Å². The van der Waals surface area contributed by atoms with E-state index in [0.717, 1.165) is 9.13 Å². The normalized spacial score (nSPS) is 10.5. The molecule has 18 heavy (non-hydrogen) atoms. The van der Waals surface area contributed by atoms with Gasteiger partial charge in [0.05, 0.1) is 5.56 Å². The van der Waals surface area contributed by atoms with Gasteiger partial charge in [-0.05, 0) is 46.4 Å². The van der Waals surface area contributed by atoms with E-state index in [0.29, 0.717) is 5.56 Å². The van der Waals surface area contributed by atoms with Crippen LogP contribution in [0.4, 0.5) is 0 Å². The predicted molar refractivity (Wildman–Crippen MR) is 82.1 cm³/mol. The summed E-state index contributed by atoms with van der Waals surface area (Å²) in [5.74, 6) is -0.0906. The van der Waals surface area contributed by atoms with Crippen molar-refractivity contribution in [2.75, 3.05) is 0 Å². The molecule has 0 saturated heterocycles. The second-order valence-corrected chi connectivity index (χ2v) is 4.86. The fourth-order valence-corrected chi connectivity index (χ4v) is 2.13. The molecule has 0 unspecified atom stereocenters. The Labute approximate surface area is 120 Å². The number of carbonyl (C=O) groups excluding carboxylic acids is 1. The van der Waals surface area contributed by atoms with Crippen molar-refractivity contribution in [3.05, 3.63) is 75.5 Å². The minimum Gasteiger partial charge on any atom is -0.329 e. The Hall–Kier alpha value is -1.62. The number of carbonyl (C=O) groups is 1. The molecule has 2 aromatic rings. The van der Waals surface area contributed by atoms with Gasteiger partial charge < -0.3 is 5.32 Å². The Balaban J connectivity index is 2.01. The molecule has 0 saturated carbocycles. The number of hydrogen-bond donors (Lipinski definition) is 1. The first-order valence-electron chi connectivity index (χ1n) is 5.54. The number of halogens is 1. The predicted octanol–water partition coefficient (Wildman–Crippen LogP) is 3.69. The molecule has 3 heteroatoms. The number of amides is 1. The summed E-state index contributed by atoms with van der Waals surface area (Å²) in [7, 11) is 0. The van der Waals surface area contributed by atoms with Gasteiger partial charge in [-0.3, -0.25) is 4.79 Å². The maximum absolute atomic E-state index is 11.9. The second kappa shape index (κ2) is 6.35. The van der Waals surface area contributed by atoms with Crippen molar-refractivity contribution in [1.29, 1.82) is 0 Å². The van der Waals surface area contributed by atoms with E-state index in [1.165, 1.54) is 0 Å². The van der Waals surface area contributed by atoms with E-state index in [4.69, 9.17) is 0 Å². The Kier molecular flexibility index (Phi) is 4.52. The minimum absolute atomic E-state index is 0.0906. The highest BCUT2D eigenvalue weighted by Crippen LogP contribution is 2.11. The van der Waals surface area contributed by atoms with Gasteiger partial charge in [0.15, 0.2) is 0 Å². The van der Waals surface area contributed by atoms with E-state index in [1.807, 2.05) is 60.7 Å². The van der Waals surface area contributed by atoms with E-state index in [2.05, 4.69) is 27.9 Å². The van der Waals surface area contributed by atoms with Crippen molar-refractivity contribution in [1.82, 2.24) is 5.32 Å². The van der Waals surface area contributed by atoms with Gasteiger partial charge in [-0.25, -0.2) is 0 Å². The van der Waals surface area contributed by atoms with Crippen LogP contribution in [-0.4, -0.2) is 5.91 Å². The topological polar surface area (TPSA) is 29.1 Å². The van der Waals surface area contributed by atoms with Crippen molar-refractivity contribution in [2.45, 2.75) is 0 Å². The van der Waals surface area contributed by atoms with Crippen molar-refractivity contribution in [3.63, 3.8) is 0 Å². The minimum atomic E-state index is -0.0906. The van der Waals surface area contributed by atoms with Crippen LogP contribution in [0.1, 0.15) is 15.9 Å². The zero-order valence-electron chi connectivity index (χ0n) is 9.64. The molecule has 90 valence electrons. The lowest BCUT2D eigenvalue weighted by molar-refractivity contribution is 0.0969.